The SMILES string of the molecule is C=CC.CCCCCc1cc(O)cc(O)c1C1C=C(C)CCC1. The maximum absolute atomic E-state index is 10.3. The van der Waals surface area contributed by atoms with Crippen molar-refractivity contribution in [3.63, 3.8) is 0 Å². The van der Waals surface area contributed by atoms with Gasteiger partial charge in [0.15, 0.2) is 0 Å². The van der Waals surface area contributed by atoms with Crippen LogP contribution in [0, 0.1) is 0 Å². The molecule has 0 bridgehead atoms. The average Bonchev–Trinajstić information content (AvgIpc) is 2.47. The van der Waals surface area contributed by atoms with Crippen molar-refractivity contribution < 1.29 is 10.2 Å². The Hall–Kier alpha value is -1.70. The third-order valence-electron chi connectivity index (χ3n) is 4.22. The Kier molecular flexibility index (Phi) is 8.53. The van der Waals surface area contributed by atoms with Gasteiger partial charge < -0.3 is 10.2 Å². The molecule has 2 N–H and O–H groups in total. The highest BCUT2D eigenvalue weighted by Crippen LogP contribution is 2.40. The number of aryl methyl sites for hydroxylation is 1. The summed E-state index contributed by atoms with van der Waals surface area (Å²) in [6.07, 6.45) is 11.9. The second-order valence-electron chi connectivity index (χ2n) is 6.41. The van der Waals surface area contributed by atoms with Gasteiger partial charge in [-0.05, 0) is 57.6 Å². The lowest BCUT2D eigenvalue weighted by molar-refractivity contribution is 0.439. The summed E-state index contributed by atoms with van der Waals surface area (Å²) in [5, 5.41) is 20.0. The molecule has 0 amide bonds. The molecule has 2 rings (SSSR count). The van der Waals surface area contributed by atoms with Gasteiger partial charge in [-0.3, -0.25) is 0 Å². The fourth-order valence-electron chi connectivity index (χ4n) is 3.22. The fourth-order valence-corrected chi connectivity index (χ4v) is 3.22. The molecule has 0 fully saturated rings. The highest BCUT2D eigenvalue weighted by atomic mass is 16.3. The molecule has 2 heteroatoms. The number of unbranched alkanes of at least 4 members (excludes halogenated alkanes) is 2. The minimum absolute atomic E-state index is 0.175. The van der Waals surface area contributed by atoms with E-state index < -0.39 is 0 Å². The van der Waals surface area contributed by atoms with Crippen molar-refractivity contribution in [1.82, 2.24) is 0 Å². The Morgan fingerprint density at radius 1 is 1.26 bits per heavy atom. The van der Waals surface area contributed by atoms with Crippen LogP contribution in [0.3, 0.4) is 0 Å². The van der Waals surface area contributed by atoms with Crippen molar-refractivity contribution in [2.45, 2.75) is 71.6 Å². The standard InChI is InChI=1S/C18H26O2.C3H6/c1-3-4-5-8-15-11-16(19)12-17(20)18(15)14-9-6-7-13(2)10-14;1-3-2/h10-12,14,19-20H,3-9H2,1-2H3;3H,1H2,2H3. The van der Waals surface area contributed by atoms with Crippen LogP contribution in [-0.4, -0.2) is 10.2 Å². The van der Waals surface area contributed by atoms with Crippen LogP contribution in [0.2, 0.25) is 0 Å². The van der Waals surface area contributed by atoms with E-state index in [0.717, 1.165) is 30.4 Å². The third kappa shape index (κ3) is 6.13. The lowest BCUT2D eigenvalue weighted by atomic mass is 9.82. The molecule has 128 valence electrons. The van der Waals surface area contributed by atoms with E-state index in [-0.39, 0.29) is 11.5 Å². The largest absolute Gasteiger partial charge is 0.508 e. The number of benzene rings is 1. The lowest BCUT2D eigenvalue weighted by Gasteiger charge is -2.23. The first-order valence-corrected chi connectivity index (χ1v) is 8.82. The minimum atomic E-state index is 0.175. The Morgan fingerprint density at radius 3 is 2.57 bits per heavy atom. The van der Waals surface area contributed by atoms with Gasteiger partial charge in [0.1, 0.15) is 11.5 Å². The molecule has 0 radical (unpaired) electrons. The van der Waals surface area contributed by atoms with E-state index in [1.165, 1.54) is 37.3 Å². The summed E-state index contributed by atoms with van der Waals surface area (Å²) >= 11 is 0. The maximum Gasteiger partial charge on any atom is 0.123 e. The van der Waals surface area contributed by atoms with Gasteiger partial charge in [0.05, 0.1) is 0 Å². The number of allylic oxidation sites excluding steroid dienone is 3. The number of hydrogen-bond acceptors (Lipinski definition) is 2. The van der Waals surface area contributed by atoms with Crippen LogP contribution in [0.1, 0.15) is 76.3 Å². The number of phenols is 2. The zero-order valence-corrected chi connectivity index (χ0v) is 14.9. The Balaban J connectivity index is 0.000000816. The molecule has 1 aliphatic rings. The van der Waals surface area contributed by atoms with Crippen LogP contribution in [0.5, 0.6) is 11.5 Å². The zero-order valence-electron chi connectivity index (χ0n) is 14.9. The van der Waals surface area contributed by atoms with Crippen molar-refractivity contribution in [2.75, 3.05) is 0 Å². The van der Waals surface area contributed by atoms with E-state index in [9.17, 15) is 10.2 Å². The molecule has 0 spiro atoms. The molecule has 1 aliphatic carbocycles. The fraction of sp³-hybridized carbons (Fsp3) is 0.524. The van der Waals surface area contributed by atoms with E-state index in [4.69, 9.17) is 0 Å². The van der Waals surface area contributed by atoms with Gasteiger partial charge in [0.2, 0.25) is 0 Å². The second-order valence-corrected chi connectivity index (χ2v) is 6.41. The van der Waals surface area contributed by atoms with Crippen molar-refractivity contribution in [1.29, 1.82) is 0 Å². The molecule has 1 aromatic carbocycles. The summed E-state index contributed by atoms with van der Waals surface area (Å²) < 4.78 is 0. The van der Waals surface area contributed by atoms with Crippen LogP contribution < -0.4 is 0 Å². The van der Waals surface area contributed by atoms with Crippen LogP contribution in [0.25, 0.3) is 0 Å². The zero-order chi connectivity index (χ0) is 17.2. The van der Waals surface area contributed by atoms with Crippen LogP contribution >= 0.6 is 0 Å². The Labute approximate surface area is 141 Å². The third-order valence-corrected chi connectivity index (χ3v) is 4.22. The summed E-state index contributed by atoms with van der Waals surface area (Å²) in [4.78, 5) is 0. The monoisotopic (exact) mass is 316 g/mol. The molecular formula is C21H32O2. The molecular weight excluding hydrogens is 284 g/mol. The molecule has 0 saturated heterocycles. The van der Waals surface area contributed by atoms with E-state index in [1.807, 2.05) is 13.0 Å². The highest BCUT2D eigenvalue weighted by molar-refractivity contribution is 5.49. The topological polar surface area (TPSA) is 40.5 Å². The maximum atomic E-state index is 10.3. The molecule has 0 aromatic heterocycles. The van der Waals surface area contributed by atoms with Crippen molar-refractivity contribution in [2.24, 2.45) is 0 Å². The van der Waals surface area contributed by atoms with Crippen LogP contribution in [-0.2, 0) is 6.42 Å². The van der Waals surface area contributed by atoms with Crippen molar-refractivity contribution in [3.8, 4) is 11.5 Å². The van der Waals surface area contributed by atoms with Gasteiger partial charge in [0.25, 0.3) is 0 Å². The van der Waals surface area contributed by atoms with Gasteiger partial charge in [-0.2, -0.15) is 0 Å². The van der Waals surface area contributed by atoms with Gasteiger partial charge in [-0.25, -0.2) is 0 Å². The van der Waals surface area contributed by atoms with E-state index in [1.54, 1.807) is 6.08 Å². The molecule has 23 heavy (non-hydrogen) atoms. The Morgan fingerprint density at radius 2 is 1.96 bits per heavy atom. The molecule has 0 aliphatic heterocycles. The summed E-state index contributed by atoms with van der Waals surface area (Å²) in [6, 6.07) is 3.32. The molecule has 0 heterocycles. The van der Waals surface area contributed by atoms with Gasteiger partial charge in [0, 0.05) is 17.5 Å². The molecule has 1 atom stereocenters. The molecule has 1 aromatic rings. The average molecular weight is 316 g/mol. The first kappa shape index (κ1) is 19.3. The van der Waals surface area contributed by atoms with Crippen LogP contribution in [0.4, 0.5) is 0 Å². The summed E-state index contributed by atoms with van der Waals surface area (Å²) in [5.41, 5.74) is 3.57. The molecule has 1 unspecified atom stereocenters. The van der Waals surface area contributed by atoms with E-state index in [0.29, 0.717) is 5.92 Å². The predicted octanol–water partition coefficient (Wildman–Crippen LogP) is 6.24. The first-order chi connectivity index (χ1) is 11.0. The van der Waals surface area contributed by atoms with Gasteiger partial charge in [-0.15, -0.1) is 6.58 Å². The van der Waals surface area contributed by atoms with Crippen molar-refractivity contribution >= 4 is 0 Å². The second kappa shape index (κ2) is 10.1. The van der Waals surface area contributed by atoms with Gasteiger partial charge in [-0.1, -0.05) is 37.5 Å². The number of phenolic OH excluding ortho intramolecular Hbond substituents is 2. The quantitative estimate of drug-likeness (QED) is 0.499. The highest BCUT2D eigenvalue weighted by Gasteiger charge is 2.21. The summed E-state index contributed by atoms with van der Waals surface area (Å²) in [7, 11) is 0. The first-order valence-electron chi connectivity index (χ1n) is 8.82. The minimum Gasteiger partial charge on any atom is -0.508 e. The molecule has 2 nitrogen and oxygen atoms in total. The predicted molar refractivity (Wildman–Crippen MR) is 99.2 cm³/mol. The normalized spacial score (nSPS) is 17.0. The molecule has 0 saturated carbocycles. The Bertz CT molecular complexity index is 529. The van der Waals surface area contributed by atoms with E-state index >= 15 is 0 Å². The number of rotatable bonds is 5. The van der Waals surface area contributed by atoms with Crippen molar-refractivity contribution in [3.05, 3.63) is 47.6 Å². The van der Waals surface area contributed by atoms with Gasteiger partial charge >= 0.3 is 0 Å². The summed E-state index contributed by atoms with van der Waals surface area (Å²) in [5.74, 6) is 0.739. The number of aromatic hydroxyl groups is 2. The van der Waals surface area contributed by atoms with Crippen LogP contribution in [0.15, 0.2) is 36.4 Å². The smallest absolute Gasteiger partial charge is 0.123 e. The van der Waals surface area contributed by atoms with E-state index in [2.05, 4.69) is 26.5 Å². The lowest BCUT2D eigenvalue weighted by Crippen LogP contribution is -2.06. The summed E-state index contributed by atoms with van der Waals surface area (Å²) in [6.45, 7) is 9.61. The number of hydrogen-bond donors (Lipinski definition) is 2.